The van der Waals surface area contributed by atoms with Crippen molar-refractivity contribution in [2.45, 2.75) is 6.42 Å². The number of nitrogens with one attached hydrogen (secondary N) is 1. The molecule has 2 amide bonds. The molecule has 0 saturated carbocycles. The number of nitrogens with zero attached hydrogens (tertiary/aromatic N) is 2. The first-order valence-corrected chi connectivity index (χ1v) is 8.75. The van der Waals surface area contributed by atoms with Crippen LogP contribution in [-0.2, 0) is 9.59 Å². The number of anilines is 2. The lowest BCUT2D eigenvalue weighted by Crippen LogP contribution is -2.28. The largest absolute Gasteiger partial charge is 0.326 e. The Labute approximate surface area is 156 Å². The number of carbonyl (C=O) groups is 2. The molecule has 27 heavy (non-hydrogen) atoms. The molecule has 5 heteroatoms. The number of benzene rings is 3. The minimum Gasteiger partial charge on any atom is -0.326 e. The van der Waals surface area contributed by atoms with E-state index in [0.29, 0.717) is 17.8 Å². The van der Waals surface area contributed by atoms with E-state index in [1.54, 1.807) is 29.2 Å². The van der Waals surface area contributed by atoms with Crippen LogP contribution in [-0.4, -0.2) is 18.4 Å². The monoisotopic (exact) mass is 355 g/mol. The summed E-state index contributed by atoms with van der Waals surface area (Å²) in [6, 6.07) is 22.5. The summed E-state index contributed by atoms with van der Waals surface area (Å²) in [5.74, 6) is -0.644. The summed E-state index contributed by atoms with van der Waals surface area (Å²) in [6.07, 6.45) is 0.186. The SMILES string of the molecule is N#Cc1ccc(NC(=O)C2CC(=O)N(c3cccc4ccccc34)C2)cc1. The summed E-state index contributed by atoms with van der Waals surface area (Å²) < 4.78 is 0. The van der Waals surface area contributed by atoms with E-state index in [-0.39, 0.29) is 18.2 Å². The zero-order valence-electron chi connectivity index (χ0n) is 14.6. The third-order valence-electron chi connectivity index (χ3n) is 4.83. The summed E-state index contributed by atoms with van der Waals surface area (Å²) in [4.78, 5) is 26.9. The van der Waals surface area contributed by atoms with Crippen LogP contribution in [0.15, 0.2) is 66.7 Å². The predicted octanol–water partition coefficient (Wildman–Crippen LogP) is 3.70. The Morgan fingerprint density at radius 1 is 1.04 bits per heavy atom. The number of amides is 2. The normalized spacial score (nSPS) is 16.3. The van der Waals surface area contributed by atoms with E-state index in [4.69, 9.17) is 5.26 Å². The fourth-order valence-corrected chi connectivity index (χ4v) is 3.43. The van der Waals surface area contributed by atoms with E-state index < -0.39 is 5.92 Å². The maximum Gasteiger partial charge on any atom is 0.229 e. The van der Waals surface area contributed by atoms with Crippen LogP contribution in [0.3, 0.4) is 0 Å². The van der Waals surface area contributed by atoms with Crippen LogP contribution in [0.4, 0.5) is 11.4 Å². The lowest BCUT2D eigenvalue weighted by atomic mass is 10.1. The molecule has 5 nitrogen and oxygen atoms in total. The molecule has 1 heterocycles. The zero-order chi connectivity index (χ0) is 18.8. The molecule has 0 aliphatic carbocycles. The van der Waals surface area contributed by atoms with Gasteiger partial charge in [-0.15, -0.1) is 0 Å². The van der Waals surface area contributed by atoms with Crippen molar-refractivity contribution in [2.24, 2.45) is 5.92 Å². The van der Waals surface area contributed by atoms with Crippen molar-refractivity contribution in [1.29, 1.82) is 5.26 Å². The average molecular weight is 355 g/mol. The van der Waals surface area contributed by atoms with Gasteiger partial charge in [0.1, 0.15) is 0 Å². The van der Waals surface area contributed by atoms with E-state index in [1.807, 2.05) is 48.5 Å². The molecule has 1 aliphatic rings. The first kappa shape index (κ1) is 16.8. The van der Waals surface area contributed by atoms with E-state index in [1.165, 1.54) is 0 Å². The molecule has 1 unspecified atom stereocenters. The molecule has 1 aliphatic heterocycles. The van der Waals surface area contributed by atoms with Crippen LogP contribution < -0.4 is 10.2 Å². The summed E-state index contributed by atoms with van der Waals surface area (Å²) in [5.41, 5.74) is 1.99. The number of carbonyl (C=O) groups excluding carboxylic acids is 2. The third-order valence-corrected chi connectivity index (χ3v) is 4.83. The van der Waals surface area contributed by atoms with E-state index in [9.17, 15) is 9.59 Å². The molecule has 0 radical (unpaired) electrons. The van der Waals surface area contributed by atoms with Crippen LogP contribution in [0.2, 0.25) is 0 Å². The quantitative estimate of drug-likeness (QED) is 0.778. The molecule has 1 atom stereocenters. The standard InChI is InChI=1S/C22H17N3O2/c23-13-15-8-10-18(11-9-15)24-22(27)17-12-21(26)25(14-17)20-7-3-5-16-4-1-2-6-19(16)20/h1-11,17H,12,14H2,(H,24,27). The number of hydrogen-bond donors (Lipinski definition) is 1. The van der Waals surface area contributed by atoms with E-state index in [0.717, 1.165) is 16.5 Å². The highest BCUT2D eigenvalue weighted by molar-refractivity contribution is 6.08. The Kier molecular flexibility index (Phi) is 4.31. The number of fused-ring (bicyclic) bond motifs is 1. The Balaban J connectivity index is 1.53. The van der Waals surface area contributed by atoms with Crippen LogP contribution in [0.1, 0.15) is 12.0 Å². The lowest BCUT2D eigenvalue weighted by molar-refractivity contribution is -0.122. The van der Waals surface area contributed by atoms with Gasteiger partial charge in [-0.25, -0.2) is 0 Å². The van der Waals surface area contributed by atoms with Crippen LogP contribution in [0.5, 0.6) is 0 Å². The molecule has 132 valence electrons. The van der Waals surface area contributed by atoms with Crippen molar-refractivity contribution in [3.05, 3.63) is 72.3 Å². The highest BCUT2D eigenvalue weighted by Gasteiger charge is 2.35. The van der Waals surface area contributed by atoms with Gasteiger partial charge in [-0.3, -0.25) is 9.59 Å². The second-order valence-corrected chi connectivity index (χ2v) is 6.58. The van der Waals surface area contributed by atoms with Gasteiger partial charge < -0.3 is 10.2 Å². The first-order valence-electron chi connectivity index (χ1n) is 8.75. The molecule has 0 bridgehead atoms. The van der Waals surface area contributed by atoms with Gasteiger partial charge in [0.25, 0.3) is 0 Å². The lowest BCUT2D eigenvalue weighted by Gasteiger charge is -2.19. The molecule has 0 spiro atoms. The Hall–Kier alpha value is -3.65. The van der Waals surface area contributed by atoms with Crippen LogP contribution in [0.25, 0.3) is 10.8 Å². The molecular weight excluding hydrogens is 338 g/mol. The molecular formula is C22H17N3O2. The Morgan fingerprint density at radius 3 is 2.56 bits per heavy atom. The maximum atomic E-state index is 12.6. The van der Waals surface area contributed by atoms with Crippen LogP contribution >= 0.6 is 0 Å². The maximum absolute atomic E-state index is 12.6. The van der Waals surface area contributed by atoms with Gasteiger partial charge in [-0.2, -0.15) is 5.26 Å². The average Bonchev–Trinajstić information content (AvgIpc) is 3.10. The number of nitriles is 1. The second-order valence-electron chi connectivity index (χ2n) is 6.58. The van der Waals surface area contributed by atoms with Gasteiger partial charge >= 0.3 is 0 Å². The van der Waals surface area contributed by atoms with E-state index >= 15 is 0 Å². The molecule has 3 aromatic carbocycles. The van der Waals surface area contributed by atoms with Crippen molar-refractivity contribution >= 4 is 34.0 Å². The summed E-state index contributed by atoms with van der Waals surface area (Å²) in [5, 5.41) is 13.7. The van der Waals surface area contributed by atoms with Gasteiger partial charge in [0.2, 0.25) is 11.8 Å². The fraction of sp³-hybridized carbons (Fsp3) is 0.136. The molecule has 1 N–H and O–H groups in total. The molecule has 3 aromatic rings. The van der Waals surface area contributed by atoms with Crippen LogP contribution in [0, 0.1) is 17.2 Å². The van der Waals surface area contributed by atoms with Gasteiger partial charge in [-0.1, -0.05) is 36.4 Å². The minimum absolute atomic E-state index is 0.0497. The van der Waals surface area contributed by atoms with Crippen molar-refractivity contribution in [3.8, 4) is 6.07 Å². The van der Waals surface area contributed by atoms with Crippen molar-refractivity contribution < 1.29 is 9.59 Å². The highest BCUT2D eigenvalue weighted by Crippen LogP contribution is 2.32. The molecule has 4 rings (SSSR count). The highest BCUT2D eigenvalue weighted by atomic mass is 16.2. The predicted molar refractivity (Wildman–Crippen MR) is 104 cm³/mol. The Bertz CT molecular complexity index is 1060. The first-order chi connectivity index (χ1) is 13.2. The van der Waals surface area contributed by atoms with E-state index in [2.05, 4.69) is 5.32 Å². The molecule has 1 saturated heterocycles. The summed E-state index contributed by atoms with van der Waals surface area (Å²) in [7, 11) is 0. The number of hydrogen-bond acceptors (Lipinski definition) is 3. The Morgan fingerprint density at radius 2 is 1.78 bits per heavy atom. The fourth-order valence-electron chi connectivity index (χ4n) is 3.43. The summed E-state index contributed by atoms with van der Waals surface area (Å²) in [6.45, 7) is 0.356. The summed E-state index contributed by atoms with van der Waals surface area (Å²) >= 11 is 0. The van der Waals surface area contributed by atoms with Gasteiger partial charge in [0.15, 0.2) is 0 Å². The third kappa shape index (κ3) is 3.25. The molecule has 1 fully saturated rings. The van der Waals surface area contributed by atoms with Crippen molar-refractivity contribution in [3.63, 3.8) is 0 Å². The van der Waals surface area contributed by atoms with Gasteiger partial charge in [-0.05, 0) is 35.7 Å². The van der Waals surface area contributed by atoms with Crippen molar-refractivity contribution in [2.75, 3.05) is 16.8 Å². The number of rotatable bonds is 3. The molecule has 0 aromatic heterocycles. The second kappa shape index (κ2) is 6.93. The minimum atomic E-state index is -0.410. The van der Waals surface area contributed by atoms with Crippen molar-refractivity contribution in [1.82, 2.24) is 0 Å². The van der Waals surface area contributed by atoms with Gasteiger partial charge in [0.05, 0.1) is 23.2 Å². The van der Waals surface area contributed by atoms with Gasteiger partial charge in [0, 0.05) is 24.0 Å². The smallest absolute Gasteiger partial charge is 0.229 e. The topological polar surface area (TPSA) is 73.2 Å². The zero-order valence-corrected chi connectivity index (χ0v) is 14.6.